The molecule has 0 aromatic carbocycles. The number of carbonyl (C=O) groups excluding carboxylic acids is 1. The third kappa shape index (κ3) is 2.98. The zero-order valence-electron chi connectivity index (χ0n) is 14.9. The average molecular weight is 348 g/mol. The Morgan fingerprint density at radius 1 is 1.19 bits per heavy atom. The van der Waals surface area contributed by atoms with Crippen molar-refractivity contribution in [1.29, 1.82) is 0 Å². The van der Waals surface area contributed by atoms with Gasteiger partial charge >= 0.3 is 0 Å². The number of furan rings is 1. The summed E-state index contributed by atoms with van der Waals surface area (Å²) in [5, 5.41) is 0. The van der Waals surface area contributed by atoms with E-state index >= 15 is 0 Å². The maximum absolute atomic E-state index is 12.9. The third-order valence-electron chi connectivity index (χ3n) is 4.78. The molecule has 1 aliphatic heterocycles. The van der Waals surface area contributed by atoms with E-state index in [1.807, 2.05) is 43.1 Å². The van der Waals surface area contributed by atoms with Crippen LogP contribution in [0.2, 0.25) is 0 Å². The van der Waals surface area contributed by atoms with Crippen molar-refractivity contribution in [1.82, 2.24) is 19.9 Å². The lowest BCUT2D eigenvalue weighted by Crippen LogP contribution is -2.33. The highest BCUT2D eigenvalue weighted by molar-refractivity contribution is 5.95. The summed E-state index contributed by atoms with van der Waals surface area (Å²) in [6.07, 6.45) is 6.60. The first kappa shape index (κ1) is 16.4. The van der Waals surface area contributed by atoms with Crippen molar-refractivity contribution in [2.45, 2.75) is 26.7 Å². The van der Waals surface area contributed by atoms with Gasteiger partial charge in [0.1, 0.15) is 17.8 Å². The number of pyridine rings is 1. The number of hydrogen-bond acceptors (Lipinski definition) is 5. The molecule has 0 spiro atoms. The number of rotatable bonds is 2. The fourth-order valence-electron chi connectivity index (χ4n) is 3.49. The van der Waals surface area contributed by atoms with Gasteiger partial charge in [0.2, 0.25) is 0 Å². The number of fused-ring (bicyclic) bond motifs is 1. The lowest BCUT2D eigenvalue weighted by molar-refractivity contribution is 0.0761. The van der Waals surface area contributed by atoms with Crippen LogP contribution in [0, 0.1) is 13.8 Å². The molecule has 0 radical (unpaired) electrons. The highest BCUT2D eigenvalue weighted by Crippen LogP contribution is 2.26. The summed E-state index contributed by atoms with van der Waals surface area (Å²) in [5.41, 5.74) is 4.65. The first-order chi connectivity index (χ1) is 12.6. The van der Waals surface area contributed by atoms with Crippen LogP contribution >= 0.6 is 0 Å². The Balaban J connectivity index is 1.62. The van der Waals surface area contributed by atoms with Gasteiger partial charge in [0, 0.05) is 48.7 Å². The van der Waals surface area contributed by atoms with Gasteiger partial charge in [-0.05, 0) is 38.5 Å². The molecule has 3 aromatic rings. The number of hydrogen-bond donors (Lipinski definition) is 0. The van der Waals surface area contributed by atoms with Crippen LogP contribution in [-0.4, -0.2) is 38.8 Å². The fraction of sp³-hybridized carbons (Fsp3) is 0.300. The summed E-state index contributed by atoms with van der Waals surface area (Å²) < 4.78 is 5.52. The lowest BCUT2D eigenvalue weighted by atomic mass is 10.0. The molecule has 0 bridgehead atoms. The number of amides is 1. The molecule has 0 atom stereocenters. The van der Waals surface area contributed by atoms with E-state index in [0.717, 1.165) is 34.7 Å². The van der Waals surface area contributed by atoms with Gasteiger partial charge in [0.05, 0.1) is 11.3 Å². The summed E-state index contributed by atoms with van der Waals surface area (Å²) >= 11 is 0. The maximum atomic E-state index is 12.9. The molecule has 0 aliphatic carbocycles. The molecule has 4 rings (SSSR count). The fourth-order valence-corrected chi connectivity index (χ4v) is 3.49. The molecule has 3 aromatic heterocycles. The van der Waals surface area contributed by atoms with Gasteiger partial charge < -0.3 is 9.32 Å². The van der Waals surface area contributed by atoms with Crippen LogP contribution in [0.3, 0.4) is 0 Å². The van der Waals surface area contributed by atoms with Crippen LogP contribution in [-0.2, 0) is 12.8 Å². The molecule has 1 aliphatic rings. The Morgan fingerprint density at radius 2 is 2.04 bits per heavy atom. The topological polar surface area (TPSA) is 72.1 Å². The molecule has 0 N–H and O–H groups in total. The van der Waals surface area contributed by atoms with Crippen LogP contribution < -0.4 is 0 Å². The van der Waals surface area contributed by atoms with E-state index in [9.17, 15) is 4.79 Å². The summed E-state index contributed by atoms with van der Waals surface area (Å²) in [7, 11) is 0. The number of nitrogens with zero attached hydrogens (tertiary/aromatic N) is 4. The maximum Gasteiger partial charge on any atom is 0.257 e. The average Bonchev–Trinajstić information content (AvgIpc) is 2.87. The van der Waals surface area contributed by atoms with E-state index in [1.54, 1.807) is 12.5 Å². The van der Waals surface area contributed by atoms with Gasteiger partial charge in [-0.25, -0.2) is 9.97 Å². The highest BCUT2D eigenvalue weighted by Gasteiger charge is 2.25. The molecule has 0 fully saturated rings. The normalized spacial score (nSPS) is 14.0. The molecule has 6 nitrogen and oxygen atoms in total. The predicted octanol–water partition coefficient (Wildman–Crippen LogP) is 2.99. The van der Waals surface area contributed by atoms with E-state index in [2.05, 4.69) is 15.0 Å². The Kier molecular flexibility index (Phi) is 4.24. The molecule has 0 saturated carbocycles. The Bertz CT molecular complexity index is 950. The molecule has 6 heteroatoms. The summed E-state index contributed by atoms with van der Waals surface area (Å²) in [5.74, 6) is 1.45. The number of aryl methyl sites for hydroxylation is 2. The predicted molar refractivity (Wildman–Crippen MR) is 96.8 cm³/mol. The van der Waals surface area contributed by atoms with Crippen molar-refractivity contribution < 1.29 is 9.21 Å². The quantitative estimate of drug-likeness (QED) is 0.712. The standard InChI is InChI=1S/C20H20N4O2/c1-13-10-17(14(2)26-13)20(25)24-8-5-16-18(6-9-24)22-12-23-19(16)15-4-3-7-21-11-15/h3-4,7,10-12H,5-6,8-9H2,1-2H3. The van der Waals surface area contributed by atoms with Crippen LogP contribution in [0.5, 0.6) is 0 Å². The molecule has 132 valence electrons. The van der Waals surface area contributed by atoms with E-state index in [-0.39, 0.29) is 5.91 Å². The highest BCUT2D eigenvalue weighted by atomic mass is 16.3. The van der Waals surface area contributed by atoms with Gasteiger partial charge in [-0.1, -0.05) is 0 Å². The van der Waals surface area contributed by atoms with Crippen molar-refractivity contribution in [3.8, 4) is 11.3 Å². The van der Waals surface area contributed by atoms with Gasteiger partial charge in [-0.15, -0.1) is 0 Å². The second-order valence-electron chi connectivity index (χ2n) is 6.51. The Labute approximate surface area is 151 Å². The van der Waals surface area contributed by atoms with Crippen molar-refractivity contribution in [2.24, 2.45) is 0 Å². The zero-order valence-corrected chi connectivity index (χ0v) is 14.9. The summed E-state index contributed by atoms with van der Waals surface area (Å²) in [4.78, 5) is 27.9. The SMILES string of the molecule is Cc1cc(C(=O)N2CCc3ncnc(-c4cccnc4)c3CC2)c(C)o1. The van der Waals surface area contributed by atoms with Crippen LogP contribution in [0.15, 0.2) is 41.3 Å². The lowest BCUT2D eigenvalue weighted by Gasteiger charge is -2.19. The minimum atomic E-state index is 0.0167. The van der Waals surface area contributed by atoms with Gasteiger partial charge in [0.15, 0.2) is 0 Å². The largest absolute Gasteiger partial charge is 0.466 e. The monoisotopic (exact) mass is 348 g/mol. The van der Waals surface area contributed by atoms with Gasteiger partial charge in [-0.3, -0.25) is 9.78 Å². The second-order valence-corrected chi connectivity index (χ2v) is 6.51. The number of aromatic nitrogens is 3. The zero-order chi connectivity index (χ0) is 18.1. The third-order valence-corrected chi connectivity index (χ3v) is 4.78. The Morgan fingerprint density at radius 3 is 2.77 bits per heavy atom. The van der Waals surface area contributed by atoms with Crippen molar-refractivity contribution in [3.05, 3.63) is 65.3 Å². The van der Waals surface area contributed by atoms with Gasteiger partial charge in [0.25, 0.3) is 5.91 Å². The Hall–Kier alpha value is -3.02. The first-order valence-corrected chi connectivity index (χ1v) is 8.73. The molecular weight excluding hydrogens is 328 g/mol. The van der Waals surface area contributed by atoms with Crippen LogP contribution in [0.25, 0.3) is 11.3 Å². The van der Waals surface area contributed by atoms with E-state index in [1.165, 1.54) is 0 Å². The second kappa shape index (κ2) is 6.71. The minimum Gasteiger partial charge on any atom is -0.466 e. The van der Waals surface area contributed by atoms with Gasteiger partial charge in [-0.2, -0.15) is 0 Å². The van der Waals surface area contributed by atoms with Crippen molar-refractivity contribution >= 4 is 5.91 Å². The van der Waals surface area contributed by atoms with Crippen LogP contribution in [0.4, 0.5) is 0 Å². The summed E-state index contributed by atoms with van der Waals surface area (Å²) in [6.45, 7) is 4.96. The van der Waals surface area contributed by atoms with E-state index in [0.29, 0.717) is 30.8 Å². The molecule has 26 heavy (non-hydrogen) atoms. The van der Waals surface area contributed by atoms with Crippen molar-refractivity contribution in [3.63, 3.8) is 0 Å². The van der Waals surface area contributed by atoms with Crippen LogP contribution in [0.1, 0.15) is 33.1 Å². The van der Waals surface area contributed by atoms with Crippen molar-refractivity contribution in [2.75, 3.05) is 13.1 Å². The molecular formula is C20H20N4O2. The molecule has 0 saturated heterocycles. The molecule has 1 amide bonds. The number of carbonyl (C=O) groups is 1. The van der Waals surface area contributed by atoms with E-state index in [4.69, 9.17) is 4.42 Å². The summed E-state index contributed by atoms with van der Waals surface area (Å²) in [6, 6.07) is 5.72. The molecule has 4 heterocycles. The smallest absolute Gasteiger partial charge is 0.257 e. The minimum absolute atomic E-state index is 0.0167. The first-order valence-electron chi connectivity index (χ1n) is 8.73. The van der Waals surface area contributed by atoms with E-state index < -0.39 is 0 Å². The molecule has 0 unspecified atom stereocenters.